The highest BCUT2D eigenvalue weighted by atomic mass is 16.1. The summed E-state index contributed by atoms with van der Waals surface area (Å²) in [7, 11) is 0. The van der Waals surface area contributed by atoms with Crippen molar-refractivity contribution in [2.45, 2.75) is 70.5 Å². The van der Waals surface area contributed by atoms with Crippen molar-refractivity contribution in [1.82, 2.24) is 10.6 Å². The van der Waals surface area contributed by atoms with Crippen LogP contribution < -0.4 is 10.6 Å². The topological polar surface area (TPSA) is 41.1 Å². The summed E-state index contributed by atoms with van der Waals surface area (Å²) in [5.74, 6) is 0.785. The maximum atomic E-state index is 12.4. The molecule has 3 rings (SSSR count). The van der Waals surface area contributed by atoms with Crippen LogP contribution in [0.3, 0.4) is 0 Å². The molecule has 0 radical (unpaired) electrons. The van der Waals surface area contributed by atoms with E-state index in [9.17, 15) is 4.79 Å². The van der Waals surface area contributed by atoms with E-state index in [2.05, 4.69) is 48.7 Å². The molecule has 0 aliphatic carbocycles. The first-order valence-electron chi connectivity index (χ1n) is 8.76. The van der Waals surface area contributed by atoms with Gasteiger partial charge in [0.2, 0.25) is 5.91 Å². The monoisotopic (exact) mass is 300 g/mol. The number of nitrogens with one attached hydrogen (secondary N) is 2. The molecule has 3 atom stereocenters. The van der Waals surface area contributed by atoms with E-state index in [1.54, 1.807) is 0 Å². The minimum Gasteiger partial charge on any atom is -0.349 e. The number of carbonyl (C=O) groups is 1. The molecule has 3 heteroatoms. The molecule has 2 aliphatic rings. The summed E-state index contributed by atoms with van der Waals surface area (Å²) in [5, 5.41) is 6.89. The number of hydrogen-bond donors (Lipinski definition) is 2. The highest BCUT2D eigenvalue weighted by Crippen LogP contribution is 2.32. The molecule has 0 saturated carbocycles. The van der Waals surface area contributed by atoms with Gasteiger partial charge in [0, 0.05) is 18.5 Å². The molecule has 22 heavy (non-hydrogen) atoms. The molecule has 2 aliphatic heterocycles. The quantitative estimate of drug-likeness (QED) is 0.874. The van der Waals surface area contributed by atoms with Gasteiger partial charge in [-0.1, -0.05) is 36.8 Å². The Morgan fingerprint density at radius 3 is 2.45 bits per heavy atom. The van der Waals surface area contributed by atoms with Gasteiger partial charge in [0.25, 0.3) is 0 Å². The fraction of sp³-hybridized carbons (Fsp3) is 0.632. The summed E-state index contributed by atoms with van der Waals surface area (Å²) in [6.07, 6.45) is 6.56. The Morgan fingerprint density at radius 2 is 1.86 bits per heavy atom. The van der Waals surface area contributed by atoms with Crippen molar-refractivity contribution in [1.29, 1.82) is 0 Å². The van der Waals surface area contributed by atoms with Gasteiger partial charge in [-0.05, 0) is 50.5 Å². The van der Waals surface area contributed by atoms with Gasteiger partial charge >= 0.3 is 0 Å². The third-order valence-corrected chi connectivity index (χ3v) is 5.27. The molecule has 2 fully saturated rings. The normalized spacial score (nSPS) is 28.4. The van der Waals surface area contributed by atoms with Crippen molar-refractivity contribution in [3.63, 3.8) is 0 Å². The summed E-state index contributed by atoms with van der Waals surface area (Å²) in [5.41, 5.74) is 2.47. The lowest BCUT2D eigenvalue weighted by molar-refractivity contribution is -0.123. The molecule has 120 valence electrons. The molecule has 0 aromatic heterocycles. The lowest BCUT2D eigenvalue weighted by atomic mass is 9.89. The van der Waals surface area contributed by atoms with Crippen LogP contribution in [0.4, 0.5) is 0 Å². The van der Waals surface area contributed by atoms with E-state index in [0.29, 0.717) is 24.4 Å². The smallest absolute Gasteiger partial charge is 0.220 e. The van der Waals surface area contributed by atoms with Crippen LogP contribution in [0.5, 0.6) is 0 Å². The van der Waals surface area contributed by atoms with E-state index in [0.717, 1.165) is 6.42 Å². The van der Waals surface area contributed by atoms with Crippen molar-refractivity contribution in [2.75, 3.05) is 0 Å². The molecule has 3 unspecified atom stereocenters. The second-order valence-electron chi connectivity index (χ2n) is 7.12. The third kappa shape index (κ3) is 3.70. The summed E-state index contributed by atoms with van der Waals surface area (Å²) >= 11 is 0. The van der Waals surface area contributed by atoms with Gasteiger partial charge < -0.3 is 10.6 Å². The fourth-order valence-electron chi connectivity index (χ4n) is 4.08. The number of fused-ring (bicyclic) bond motifs is 2. The standard InChI is InChI=1S/C19H28N2O/c1-3-18(15-6-4-13(2)5-7-15)21-19(22)12-14-10-16-8-9-17(11-14)20-16/h4-7,14,16-18,20H,3,8-12H2,1-2H3,(H,21,22). The lowest BCUT2D eigenvalue weighted by Gasteiger charge is -2.29. The largest absolute Gasteiger partial charge is 0.349 e. The van der Waals surface area contributed by atoms with Crippen LogP contribution in [0, 0.1) is 12.8 Å². The molecule has 2 bridgehead atoms. The first-order valence-corrected chi connectivity index (χ1v) is 8.76. The zero-order chi connectivity index (χ0) is 15.5. The second-order valence-corrected chi connectivity index (χ2v) is 7.12. The maximum Gasteiger partial charge on any atom is 0.220 e. The summed E-state index contributed by atoms with van der Waals surface area (Å²) in [4.78, 5) is 12.4. The van der Waals surface area contributed by atoms with Gasteiger partial charge in [-0.15, -0.1) is 0 Å². The molecule has 1 aromatic carbocycles. The highest BCUT2D eigenvalue weighted by Gasteiger charge is 2.34. The molecule has 0 spiro atoms. The van der Waals surface area contributed by atoms with Crippen LogP contribution in [-0.4, -0.2) is 18.0 Å². The number of amides is 1. The van der Waals surface area contributed by atoms with E-state index in [1.165, 1.54) is 36.8 Å². The number of benzene rings is 1. The summed E-state index contributed by atoms with van der Waals surface area (Å²) < 4.78 is 0. The van der Waals surface area contributed by atoms with Gasteiger partial charge in [0.1, 0.15) is 0 Å². The van der Waals surface area contributed by atoms with Gasteiger partial charge in [0.15, 0.2) is 0 Å². The Balaban J connectivity index is 1.54. The van der Waals surface area contributed by atoms with Crippen molar-refractivity contribution < 1.29 is 4.79 Å². The Bertz CT molecular complexity index is 499. The van der Waals surface area contributed by atoms with Gasteiger partial charge in [0.05, 0.1) is 6.04 Å². The molecular formula is C19H28N2O. The Kier molecular flexibility index (Phi) is 4.82. The van der Waals surface area contributed by atoms with Gasteiger partial charge in [-0.25, -0.2) is 0 Å². The number of aryl methyl sites for hydroxylation is 1. The van der Waals surface area contributed by atoms with Crippen LogP contribution in [-0.2, 0) is 4.79 Å². The zero-order valence-electron chi connectivity index (χ0n) is 13.8. The molecular weight excluding hydrogens is 272 g/mol. The Labute approximate surface area is 133 Å². The molecule has 2 saturated heterocycles. The average molecular weight is 300 g/mol. The predicted octanol–water partition coefficient (Wildman–Crippen LogP) is 3.48. The number of rotatable bonds is 5. The first kappa shape index (κ1) is 15.5. The summed E-state index contributed by atoms with van der Waals surface area (Å²) in [6.45, 7) is 4.23. The van der Waals surface area contributed by atoms with Crippen molar-refractivity contribution in [2.24, 2.45) is 5.92 Å². The number of piperidine rings is 1. The fourth-order valence-corrected chi connectivity index (χ4v) is 4.08. The van der Waals surface area contributed by atoms with E-state index in [1.807, 2.05) is 0 Å². The van der Waals surface area contributed by atoms with E-state index in [4.69, 9.17) is 0 Å². The minimum atomic E-state index is 0.145. The first-order chi connectivity index (χ1) is 10.6. The van der Waals surface area contributed by atoms with Crippen molar-refractivity contribution in [3.05, 3.63) is 35.4 Å². The van der Waals surface area contributed by atoms with Crippen LogP contribution in [0.1, 0.15) is 62.6 Å². The van der Waals surface area contributed by atoms with Crippen molar-refractivity contribution in [3.8, 4) is 0 Å². The zero-order valence-corrected chi connectivity index (χ0v) is 13.8. The molecule has 1 amide bonds. The van der Waals surface area contributed by atoms with Crippen LogP contribution in [0.2, 0.25) is 0 Å². The van der Waals surface area contributed by atoms with E-state index < -0.39 is 0 Å². The number of carbonyl (C=O) groups excluding carboxylic acids is 1. The second kappa shape index (κ2) is 6.82. The van der Waals surface area contributed by atoms with Crippen molar-refractivity contribution >= 4 is 5.91 Å². The highest BCUT2D eigenvalue weighted by molar-refractivity contribution is 5.76. The average Bonchev–Trinajstić information content (AvgIpc) is 2.85. The van der Waals surface area contributed by atoms with Crippen LogP contribution in [0.15, 0.2) is 24.3 Å². The van der Waals surface area contributed by atoms with Crippen LogP contribution in [0.25, 0.3) is 0 Å². The lowest BCUT2D eigenvalue weighted by Crippen LogP contribution is -2.40. The Hall–Kier alpha value is -1.35. The van der Waals surface area contributed by atoms with Gasteiger partial charge in [-0.3, -0.25) is 4.79 Å². The third-order valence-electron chi connectivity index (χ3n) is 5.27. The molecule has 3 nitrogen and oxygen atoms in total. The summed E-state index contributed by atoms with van der Waals surface area (Å²) in [6, 6.07) is 9.98. The number of hydrogen-bond acceptors (Lipinski definition) is 2. The predicted molar refractivity (Wildman–Crippen MR) is 89.6 cm³/mol. The molecule has 1 aromatic rings. The van der Waals surface area contributed by atoms with E-state index >= 15 is 0 Å². The Morgan fingerprint density at radius 1 is 1.23 bits per heavy atom. The molecule has 2 N–H and O–H groups in total. The maximum absolute atomic E-state index is 12.4. The minimum absolute atomic E-state index is 0.145. The van der Waals surface area contributed by atoms with Gasteiger partial charge in [-0.2, -0.15) is 0 Å². The van der Waals surface area contributed by atoms with E-state index in [-0.39, 0.29) is 11.9 Å². The SMILES string of the molecule is CCC(NC(=O)CC1CC2CCC(C1)N2)c1ccc(C)cc1. The van der Waals surface area contributed by atoms with Crippen LogP contribution >= 0.6 is 0 Å². The molecule has 2 heterocycles.